The fraction of sp³-hybridized carbons (Fsp3) is 0.586. The molecule has 3 heterocycles. The van der Waals surface area contributed by atoms with Gasteiger partial charge in [0.15, 0.2) is 0 Å². The average molecular weight is 556 g/mol. The van der Waals surface area contributed by atoms with E-state index in [0.717, 1.165) is 21.7 Å². The van der Waals surface area contributed by atoms with Gasteiger partial charge in [-0.1, -0.05) is 31.2 Å². The van der Waals surface area contributed by atoms with E-state index in [1.54, 1.807) is 21.1 Å². The largest absolute Gasteiger partial charge is 0.444 e. The summed E-state index contributed by atoms with van der Waals surface area (Å²) in [7, 11) is 0. The molecule has 0 saturated carbocycles. The highest BCUT2D eigenvalue weighted by molar-refractivity contribution is 7.13. The molecule has 2 aromatic rings. The second-order valence-electron chi connectivity index (χ2n) is 11.7. The summed E-state index contributed by atoms with van der Waals surface area (Å²) in [4.78, 5) is 50.2. The molecule has 0 bridgehead atoms. The quantitative estimate of drug-likeness (QED) is 0.581. The topological polar surface area (TPSA) is 95.1 Å². The molecular weight excluding hydrogens is 514 g/mol. The van der Waals surface area contributed by atoms with Crippen LogP contribution < -0.4 is 5.32 Å². The molecule has 2 aliphatic rings. The Morgan fingerprint density at radius 1 is 1.13 bits per heavy atom. The summed E-state index contributed by atoms with van der Waals surface area (Å²) in [6, 6.07) is 7.31. The van der Waals surface area contributed by atoms with Crippen LogP contribution in [0.4, 0.5) is 4.79 Å². The first kappa shape index (κ1) is 29.0. The Bertz CT molecular complexity index is 1170. The SMILES string of the molecule is Cc1ncsc1-c1ccc(CNC(=O)C2CC(C)CN2C(=O)C(C)N2CCN(C(=O)OC(C)(C)C)CC2)cc1. The normalized spacial score (nSPS) is 21.1. The van der Waals surface area contributed by atoms with Crippen LogP contribution >= 0.6 is 11.3 Å². The van der Waals surface area contributed by atoms with Gasteiger partial charge in [-0.25, -0.2) is 9.78 Å². The van der Waals surface area contributed by atoms with Gasteiger partial charge in [-0.05, 0) is 58.1 Å². The second kappa shape index (κ2) is 12.0. The van der Waals surface area contributed by atoms with E-state index in [9.17, 15) is 14.4 Å². The maximum absolute atomic E-state index is 13.6. The van der Waals surface area contributed by atoms with E-state index < -0.39 is 11.6 Å². The number of thiazole rings is 1. The summed E-state index contributed by atoms with van der Waals surface area (Å²) >= 11 is 1.62. The smallest absolute Gasteiger partial charge is 0.410 e. The summed E-state index contributed by atoms with van der Waals surface area (Å²) < 4.78 is 5.48. The molecule has 1 aromatic carbocycles. The van der Waals surface area contributed by atoms with Crippen LogP contribution in [0.25, 0.3) is 10.4 Å². The van der Waals surface area contributed by atoms with Crippen LogP contribution in [0.3, 0.4) is 0 Å². The minimum absolute atomic E-state index is 0.0329. The number of aromatic nitrogens is 1. The van der Waals surface area contributed by atoms with E-state index >= 15 is 0 Å². The standard InChI is InChI=1S/C29H41N5O4S/c1-19-15-24(26(35)30-16-22-7-9-23(10-8-22)25-20(2)31-18-39-25)34(17-19)27(36)21(3)32-11-13-33(14-12-32)28(37)38-29(4,5)6/h7-10,18-19,21,24H,11-17H2,1-6H3,(H,30,35). The summed E-state index contributed by atoms with van der Waals surface area (Å²) in [5.41, 5.74) is 4.45. The third kappa shape index (κ3) is 7.16. The Balaban J connectivity index is 1.31. The number of rotatable bonds is 6. The van der Waals surface area contributed by atoms with E-state index in [1.165, 1.54) is 0 Å². The van der Waals surface area contributed by atoms with Gasteiger partial charge in [-0.2, -0.15) is 0 Å². The van der Waals surface area contributed by atoms with Gasteiger partial charge in [-0.3, -0.25) is 14.5 Å². The summed E-state index contributed by atoms with van der Waals surface area (Å²) in [5, 5.41) is 3.05. The highest BCUT2D eigenvalue weighted by Gasteiger charge is 2.41. The lowest BCUT2D eigenvalue weighted by Gasteiger charge is -2.39. The van der Waals surface area contributed by atoms with Gasteiger partial charge in [-0.15, -0.1) is 11.3 Å². The first-order valence-electron chi connectivity index (χ1n) is 13.7. The molecule has 1 aromatic heterocycles. The number of carbonyl (C=O) groups excluding carboxylic acids is 3. The molecule has 2 aliphatic heterocycles. The van der Waals surface area contributed by atoms with Crippen molar-refractivity contribution >= 4 is 29.2 Å². The van der Waals surface area contributed by atoms with Crippen molar-refractivity contribution in [1.29, 1.82) is 0 Å². The Kier molecular flexibility index (Phi) is 8.96. The Morgan fingerprint density at radius 2 is 1.79 bits per heavy atom. The van der Waals surface area contributed by atoms with Crippen molar-refractivity contribution in [3.63, 3.8) is 0 Å². The van der Waals surface area contributed by atoms with E-state index in [0.29, 0.717) is 45.7 Å². The Labute approximate surface area is 235 Å². The van der Waals surface area contributed by atoms with Crippen LogP contribution in [0.1, 0.15) is 52.3 Å². The van der Waals surface area contributed by atoms with E-state index in [2.05, 4.69) is 34.3 Å². The molecule has 0 radical (unpaired) electrons. The lowest BCUT2D eigenvalue weighted by atomic mass is 10.1. The lowest BCUT2D eigenvalue weighted by Crippen LogP contribution is -2.57. The molecule has 3 unspecified atom stereocenters. The van der Waals surface area contributed by atoms with Gasteiger partial charge in [0.1, 0.15) is 11.6 Å². The molecule has 2 fully saturated rings. The fourth-order valence-corrected chi connectivity index (χ4v) is 6.02. The fourth-order valence-electron chi connectivity index (χ4n) is 5.21. The van der Waals surface area contributed by atoms with Crippen molar-refractivity contribution < 1.29 is 19.1 Å². The van der Waals surface area contributed by atoms with Crippen molar-refractivity contribution in [2.24, 2.45) is 5.92 Å². The van der Waals surface area contributed by atoms with Crippen LogP contribution in [0.15, 0.2) is 29.8 Å². The number of hydrogen-bond acceptors (Lipinski definition) is 7. The minimum atomic E-state index is -0.538. The highest BCUT2D eigenvalue weighted by atomic mass is 32.1. The van der Waals surface area contributed by atoms with Gasteiger partial charge in [0.2, 0.25) is 11.8 Å². The van der Waals surface area contributed by atoms with E-state index in [1.807, 2.05) is 52.3 Å². The third-order valence-electron chi connectivity index (χ3n) is 7.40. The molecule has 10 heteroatoms. The first-order valence-corrected chi connectivity index (χ1v) is 14.6. The first-order chi connectivity index (χ1) is 18.4. The number of likely N-dealkylation sites (tertiary alicyclic amines) is 1. The maximum Gasteiger partial charge on any atom is 0.410 e. The molecule has 1 N–H and O–H groups in total. The second-order valence-corrected chi connectivity index (χ2v) is 12.6. The average Bonchev–Trinajstić information content (AvgIpc) is 3.51. The number of hydrogen-bond donors (Lipinski definition) is 1. The zero-order chi connectivity index (χ0) is 28.3. The minimum Gasteiger partial charge on any atom is -0.444 e. The molecule has 212 valence electrons. The number of amides is 3. The van der Waals surface area contributed by atoms with Crippen molar-refractivity contribution in [3.05, 3.63) is 41.0 Å². The van der Waals surface area contributed by atoms with Gasteiger partial charge in [0.25, 0.3) is 0 Å². The molecule has 2 saturated heterocycles. The van der Waals surface area contributed by atoms with E-state index in [-0.39, 0.29) is 29.9 Å². The van der Waals surface area contributed by atoms with Gasteiger partial charge < -0.3 is 19.9 Å². The predicted molar refractivity (Wildman–Crippen MR) is 152 cm³/mol. The van der Waals surface area contributed by atoms with Crippen LogP contribution in [0, 0.1) is 12.8 Å². The Hall–Kier alpha value is -2.98. The number of aryl methyl sites for hydroxylation is 1. The van der Waals surface area contributed by atoms with Crippen molar-refractivity contribution in [3.8, 4) is 10.4 Å². The van der Waals surface area contributed by atoms with Crippen LogP contribution in [0.2, 0.25) is 0 Å². The Morgan fingerprint density at radius 3 is 2.38 bits per heavy atom. The van der Waals surface area contributed by atoms with Crippen molar-refractivity contribution in [1.82, 2.24) is 25.0 Å². The van der Waals surface area contributed by atoms with Gasteiger partial charge in [0.05, 0.1) is 22.1 Å². The molecule has 39 heavy (non-hydrogen) atoms. The number of nitrogens with one attached hydrogen (secondary N) is 1. The third-order valence-corrected chi connectivity index (χ3v) is 8.37. The summed E-state index contributed by atoms with van der Waals surface area (Å²) in [6.07, 6.45) is 0.333. The lowest BCUT2D eigenvalue weighted by molar-refractivity contribution is -0.142. The number of benzene rings is 1. The zero-order valence-corrected chi connectivity index (χ0v) is 24.7. The van der Waals surface area contributed by atoms with Crippen LogP contribution in [-0.2, 0) is 20.9 Å². The molecule has 3 atom stereocenters. The number of carbonyl (C=O) groups is 3. The number of piperazine rings is 1. The van der Waals surface area contributed by atoms with Crippen molar-refractivity contribution in [2.45, 2.75) is 72.2 Å². The number of ether oxygens (including phenoxy) is 1. The molecule has 0 spiro atoms. The molecule has 4 rings (SSSR count). The molecular formula is C29H41N5O4S. The molecule has 0 aliphatic carbocycles. The zero-order valence-electron chi connectivity index (χ0n) is 23.9. The van der Waals surface area contributed by atoms with Crippen molar-refractivity contribution in [2.75, 3.05) is 32.7 Å². The van der Waals surface area contributed by atoms with Gasteiger partial charge >= 0.3 is 6.09 Å². The van der Waals surface area contributed by atoms with E-state index in [4.69, 9.17) is 4.74 Å². The maximum atomic E-state index is 13.6. The number of nitrogens with zero attached hydrogens (tertiary/aromatic N) is 4. The molecule has 9 nitrogen and oxygen atoms in total. The summed E-state index contributed by atoms with van der Waals surface area (Å²) in [5.74, 6) is 0.106. The predicted octanol–water partition coefficient (Wildman–Crippen LogP) is 3.91. The van der Waals surface area contributed by atoms with Gasteiger partial charge in [0, 0.05) is 39.3 Å². The van der Waals surface area contributed by atoms with Crippen LogP contribution in [0.5, 0.6) is 0 Å². The molecule has 3 amide bonds. The highest BCUT2D eigenvalue weighted by Crippen LogP contribution is 2.28. The van der Waals surface area contributed by atoms with Crippen LogP contribution in [-0.4, -0.2) is 88.0 Å². The summed E-state index contributed by atoms with van der Waals surface area (Å²) in [6.45, 7) is 14.7. The monoisotopic (exact) mass is 555 g/mol.